The fourth-order valence-corrected chi connectivity index (χ4v) is 2.59. The van der Waals surface area contributed by atoms with E-state index in [0.717, 1.165) is 5.56 Å². The predicted octanol–water partition coefficient (Wildman–Crippen LogP) is 1.90. The quantitative estimate of drug-likeness (QED) is 0.593. The van der Waals surface area contributed by atoms with Gasteiger partial charge in [0.1, 0.15) is 12.4 Å². The molecule has 0 spiro atoms. The zero-order chi connectivity index (χ0) is 19.1. The zero-order valence-corrected chi connectivity index (χ0v) is 14.9. The molecule has 1 aliphatic rings. The van der Waals surface area contributed by atoms with Crippen LogP contribution in [0.1, 0.15) is 17.2 Å². The van der Waals surface area contributed by atoms with Crippen molar-refractivity contribution in [3.05, 3.63) is 65.5 Å². The third-order valence-electron chi connectivity index (χ3n) is 3.95. The third kappa shape index (κ3) is 4.71. The average molecular weight is 368 g/mol. The lowest BCUT2D eigenvalue weighted by Gasteiger charge is -2.21. The van der Waals surface area contributed by atoms with Crippen LogP contribution in [0.5, 0.6) is 5.75 Å². The molecule has 2 aromatic rings. The highest BCUT2D eigenvalue weighted by molar-refractivity contribution is 5.97. The van der Waals surface area contributed by atoms with Gasteiger partial charge in [-0.2, -0.15) is 0 Å². The Labute approximate surface area is 157 Å². The summed E-state index contributed by atoms with van der Waals surface area (Å²) in [5, 5.41) is 2.69. The Morgan fingerprint density at radius 1 is 1.26 bits per heavy atom. The summed E-state index contributed by atoms with van der Waals surface area (Å²) in [7, 11) is 1.54. The summed E-state index contributed by atoms with van der Waals surface area (Å²) in [4.78, 5) is 29.1. The van der Waals surface area contributed by atoms with E-state index in [4.69, 9.17) is 14.2 Å². The Morgan fingerprint density at radius 3 is 2.89 bits per heavy atom. The molecule has 7 heteroatoms. The van der Waals surface area contributed by atoms with Gasteiger partial charge in [-0.1, -0.05) is 24.3 Å². The molecule has 0 saturated heterocycles. The van der Waals surface area contributed by atoms with Gasteiger partial charge in [-0.05, 0) is 18.2 Å². The minimum Gasteiger partial charge on any atom is -0.488 e. The molecule has 1 unspecified atom stereocenters. The highest BCUT2D eigenvalue weighted by Crippen LogP contribution is 2.27. The van der Waals surface area contributed by atoms with Gasteiger partial charge < -0.3 is 19.5 Å². The number of carbonyl (C=O) groups excluding carboxylic acids is 2. The van der Waals surface area contributed by atoms with E-state index in [-0.39, 0.29) is 6.61 Å². The maximum atomic E-state index is 12.6. The molecule has 1 N–H and O–H groups in total. The molecule has 3 rings (SSSR count). The summed E-state index contributed by atoms with van der Waals surface area (Å²) >= 11 is 0. The Bertz CT molecular complexity index is 835. The molecule has 1 atom stereocenters. The monoisotopic (exact) mass is 368 g/mol. The van der Waals surface area contributed by atoms with Gasteiger partial charge in [-0.15, -0.1) is 0 Å². The van der Waals surface area contributed by atoms with Gasteiger partial charge in [-0.25, -0.2) is 4.79 Å². The minimum absolute atomic E-state index is 0.0842. The van der Waals surface area contributed by atoms with Crippen LogP contribution in [0.2, 0.25) is 0 Å². The summed E-state index contributed by atoms with van der Waals surface area (Å²) in [5.41, 5.74) is 1.61. The molecule has 140 valence electrons. The summed E-state index contributed by atoms with van der Waals surface area (Å²) in [5.74, 6) is -0.346. The second-order valence-corrected chi connectivity index (χ2v) is 5.85. The van der Waals surface area contributed by atoms with E-state index in [1.165, 1.54) is 13.3 Å². The molecular weight excluding hydrogens is 348 g/mol. The van der Waals surface area contributed by atoms with E-state index in [9.17, 15) is 9.59 Å². The Kier molecular flexibility index (Phi) is 6.17. The molecule has 1 aromatic carbocycles. The van der Waals surface area contributed by atoms with Crippen LogP contribution in [0.25, 0.3) is 6.08 Å². The number of rotatable bonds is 7. The molecule has 7 nitrogen and oxygen atoms in total. The molecule has 1 aliphatic heterocycles. The Morgan fingerprint density at radius 2 is 2.11 bits per heavy atom. The molecule has 1 aromatic heterocycles. The second-order valence-electron chi connectivity index (χ2n) is 5.85. The molecule has 0 fully saturated rings. The van der Waals surface area contributed by atoms with Crippen LogP contribution in [0, 0.1) is 0 Å². The normalized spacial score (nSPS) is 13.6. The number of amides is 1. The van der Waals surface area contributed by atoms with Crippen molar-refractivity contribution in [3.8, 4) is 5.75 Å². The lowest BCUT2D eigenvalue weighted by Crippen LogP contribution is -2.34. The molecule has 0 aliphatic carbocycles. The number of ether oxygens (including phenoxy) is 3. The van der Waals surface area contributed by atoms with Gasteiger partial charge in [0.05, 0.1) is 12.2 Å². The fraction of sp³-hybridized carbons (Fsp3) is 0.250. The van der Waals surface area contributed by atoms with E-state index in [2.05, 4.69) is 10.3 Å². The number of aromatic nitrogens is 1. The van der Waals surface area contributed by atoms with Gasteiger partial charge in [0.15, 0.2) is 0 Å². The SMILES string of the molecule is COCCNC(=O)C(OC(=O)C1=Cc2ccccc2OC1)c1cccnc1. The van der Waals surface area contributed by atoms with Crippen LogP contribution in [-0.2, 0) is 19.1 Å². The summed E-state index contributed by atoms with van der Waals surface area (Å²) in [6.07, 6.45) is 3.68. The molecule has 0 saturated carbocycles. The number of carbonyl (C=O) groups is 2. The van der Waals surface area contributed by atoms with Gasteiger partial charge >= 0.3 is 5.97 Å². The summed E-state index contributed by atoms with van der Waals surface area (Å²) < 4.78 is 16.0. The first kappa shape index (κ1) is 18.6. The molecule has 27 heavy (non-hydrogen) atoms. The first-order valence-electron chi connectivity index (χ1n) is 8.49. The molecule has 2 heterocycles. The fourth-order valence-electron chi connectivity index (χ4n) is 2.59. The number of pyridine rings is 1. The van der Waals surface area contributed by atoms with Crippen molar-refractivity contribution in [2.75, 3.05) is 26.9 Å². The Hall–Kier alpha value is -3.19. The molecule has 0 bridgehead atoms. The standard InChI is InChI=1S/C20H20N2O5/c1-25-10-9-22-19(23)18(15-6-4-8-21-12-15)27-20(24)16-11-14-5-2-3-7-17(14)26-13-16/h2-8,11-12,18H,9-10,13H2,1H3,(H,22,23). The van der Waals surface area contributed by atoms with Crippen molar-refractivity contribution in [1.29, 1.82) is 0 Å². The lowest BCUT2D eigenvalue weighted by molar-refractivity contribution is -0.153. The van der Waals surface area contributed by atoms with Gasteiger partial charge in [0.25, 0.3) is 5.91 Å². The third-order valence-corrected chi connectivity index (χ3v) is 3.95. The number of benzene rings is 1. The van der Waals surface area contributed by atoms with Crippen molar-refractivity contribution in [2.24, 2.45) is 0 Å². The number of nitrogens with one attached hydrogen (secondary N) is 1. The number of fused-ring (bicyclic) bond motifs is 1. The van der Waals surface area contributed by atoms with E-state index >= 15 is 0 Å². The summed E-state index contributed by atoms with van der Waals surface area (Å²) in [6, 6.07) is 10.8. The maximum absolute atomic E-state index is 12.6. The zero-order valence-electron chi connectivity index (χ0n) is 14.9. The van der Waals surface area contributed by atoms with E-state index in [0.29, 0.717) is 30.0 Å². The molecular formula is C20H20N2O5. The number of hydrogen-bond donors (Lipinski definition) is 1. The van der Waals surface area contributed by atoms with Gasteiger partial charge in [0.2, 0.25) is 6.10 Å². The number of para-hydroxylation sites is 1. The largest absolute Gasteiger partial charge is 0.488 e. The highest BCUT2D eigenvalue weighted by atomic mass is 16.6. The number of hydrogen-bond acceptors (Lipinski definition) is 6. The second kappa shape index (κ2) is 8.95. The maximum Gasteiger partial charge on any atom is 0.338 e. The van der Waals surface area contributed by atoms with Crippen molar-refractivity contribution < 1.29 is 23.8 Å². The van der Waals surface area contributed by atoms with Crippen LogP contribution in [-0.4, -0.2) is 43.7 Å². The van der Waals surface area contributed by atoms with Crippen LogP contribution < -0.4 is 10.1 Å². The van der Waals surface area contributed by atoms with Crippen molar-refractivity contribution in [2.45, 2.75) is 6.10 Å². The number of esters is 1. The van der Waals surface area contributed by atoms with Crippen molar-refractivity contribution in [3.63, 3.8) is 0 Å². The van der Waals surface area contributed by atoms with Gasteiger partial charge in [0, 0.05) is 37.2 Å². The van der Waals surface area contributed by atoms with Crippen LogP contribution in [0.3, 0.4) is 0 Å². The lowest BCUT2D eigenvalue weighted by atomic mass is 10.1. The van der Waals surface area contributed by atoms with Gasteiger partial charge in [-0.3, -0.25) is 9.78 Å². The van der Waals surface area contributed by atoms with Crippen LogP contribution in [0.4, 0.5) is 0 Å². The average Bonchev–Trinajstić information content (AvgIpc) is 2.72. The first-order valence-corrected chi connectivity index (χ1v) is 8.49. The van der Waals surface area contributed by atoms with Crippen molar-refractivity contribution >= 4 is 18.0 Å². The van der Waals surface area contributed by atoms with Crippen LogP contribution >= 0.6 is 0 Å². The predicted molar refractivity (Wildman–Crippen MR) is 97.9 cm³/mol. The van der Waals surface area contributed by atoms with E-state index in [1.807, 2.05) is 24.3 Å². The topological polar surface area (TPSA) is 86.8 Å². The first-order chi connectivity index (χ1) is 13.2. The summed E-state index contributed by atoms with van der Waals surface area (Å²) in [6.45, 7) is 0.749. The van der Waals surface area contributed by atoms with E-state index in [1.54, 1.807) is 24.4 Å². The minimum atomic E-state index is -1.11. The molecule has 0 radical (unpaired) electrons. The number of methoxy groups -OCH3 is 1. The Balaban J connectivity index is 1.77. The highest BCUT2D eigenvalue weighted by Gasteiger charge is 2.28. The van der Waals surface area contributed by atoms with Crippen LogP contribution in [0.15, 0.2) is 54.4 Å². The molecule has 1 amide bonds. The van der Waals surface area contributed by atoms with E-state index < -0.39 is 18.0 Å². The number of nitrogens with zero attached hydrogens (tertiary/aromatic N) is 1. The van der Waals surface area contributed by atoms with Crippen molar-refractivity contribution in [1.82, 2.24) is 10.3 Å². The smallest absolute Gasteiger partial charge is 0.338 e.